The first-order chi connectivity index (χ1) is 14.3. The highest BCUT2D eigenvalue weighted by Crippen LogP contribution is 2.14. The molecule has 1 amide bonds. The van der Waals surface area contributed by atoms with Crippen LogP contribution < -0.4 is 16.6 Å². The van der Waals surface area contributed by atoms with Crippen LogP contribution in [0, 0.1) is 0 Å². The van der Waals surface area contributed by atoms with Crippen LogP contribution in [0.4, 0.5) is 0 Å². The number of hydrogen-bond acceptors (Lipinski definition) is 5. The molecule has 0 fully saturated rings. The van der Waals surface area contributed by atoms with E-state index in [0.717, 1.165) is 4.57 Å². The Kier molecular flexibility index (Phi) is 6.12. The first-order valence-electron chi connectivity index (χ1n) is 9.23. The number of nitrogens with one attached hydrogen (secondary N) is 1. The van der Waals surface area contributed by atoms with E-state index in [2.05, 4.69) is 5.32 Å². The number of carbonyl (C=O) groups excluding carboxylic acids is 1. The van der Waals surface area contributed by atoms with Crippen LogP contribution in [0.2, 0.25) is 0 Å². The lowest BCUT2D eigenvalue weighted by Gasteiger charge is -2.22. The Hall–Kier alpha value is -3.72. The Labute approximate surface area is 170 Å². The fourth-order valence-electron chi connectivity index (χ4n) is 3.30. The first-order valence-corrected chi connectivity index (χ1v) is 9.23. The zero-order chi connectivity index (χ0) is 21.8. The van der Waals surface area contributed by atoms with Crippen molar-refractivity contribution < 1.29 is 19.8 Å². The number of amides is 1. The number of nitrogens with zero attached hydrogens (tertiary/aromatic N) is 2. The molecule has 0 spiro atoms. The SMILES string of the molecule is Cn1c(=O)n(C(Cc2ccccc2)C(=O)NC(CO)C(=O)O)c(=O)c2ccccc21. The molecule has 30 heavy (non-hydrogen) atoms. The number of rotatable bonds is 7. The highest BCUT2D eigenvalue weighted by molar-refractivity contribution is 5.86. The molecule has 156 valence electrons. The minimum absolute atomic E-state index is 0.0159. The van der Waals surface area contributed by atoms with E-state index < -0.39 is 41.8 Å². The van der Waals surface area contributed by atoms with Gasteiger partial charge >= 0.3 is 11.7 Å². The predicted molar refractivity (Wildman–Crippen MR) is 109 cm³/mol. The molecule has 0 bridgehead atoms. The molecule has 0 saturated heterocycles. The molecular formula is C21H21N3O6. The van der Waals surface area contributed by atoms with Gasteiger partial charge < -0.3 is 15.5 Å². The fraction of sp³-hybridized carbons (Fsp3) is 0.238. The van der Waals surface area contributed by atoms with Crippen molar-refractivity contribution in [2.45, 2.75) is 18.5 Å². The lowest BCUT2D eigenvalue weighted by molar-refractivity contribution is -0.143. The molecule has 3 rings (SSSR count). The lowest BCUT2D eigenvalue weighted by Crippen LogP contribution is -2.51. The molecule has 0 aliphatic rings. The van der Waals surface area contributed by atoms with Crippen molar-refractivity contribution in [3.8, 4) is 0 Å². The molecule has 2 atom stereocenters. The quantitative estimate of drug-likeness (QED) is 0.503. The highest BCUT2D eigenvalue weighted by Gasteiger charge is 2.29. The summed E-state index contributed by atoms with van der Waals surface area (Å²) in [6, 6.07) is 12.4. The Bertz CT molecular complexity index is 1200. The van der Waals surface area contributed by atoms with Crippen molar-refractivity contribution in [3.63, 3.8) is 0 Å². The Morgan fingerprint density at radius 1 is 1.03 bits per heavy atom. The largest absolute Gasteiger partial charge is 0.480 e. The molecule has 9 heteroatoms. The summed E-state index contributed by atoms with van der Waals surface area (Å²) >= 11 is 0. The van der Waals surface area contributed by atoms with E-state index in [9.17, 15) is 24.3 Å². The van der Waals surface area contributed by atoms with E-state index in [1.807, 2.05) is 0 Å². The maximum Gasteiger partial charge on any atom is 0.331 e. The van der Waals surface area contributed by atoms with Gasteiger partial charge in [-0.25, -0.2) is 14.2 Å². The summed E-state index contributed by atoms with van der Waals surface area (Å²) in [7, 11) is 1.49. The predicted octanol–water partition coefficient (Wildman–Crippen LogP) is 0.0457. The third kappa shape index (κ3) is 4.01. The van der Waals surface area contributed by atoms with Gasteiger partial charge in [-0.1, -0.05) is 42.5 Å². The van der Waals surface area contributed by atoms with Gasteiger partial charge in [0.05, 0.1) is 17.5 Å². The highest BCUT2D eigenvalue weighted by atomic mass is 16.4. The van der Waals surface area contributed by atoms with Crippen LogP contribution in [0.1, 0.15) is 11.6 Å². The lowest BCUT2D eigenvalue weighted by atomic mass is 10.0. The van der Waals surface area contributed by atoms with Gasteiger partial charge in [-0.15, -0.1) is 0 Å². The Balaban J connectivity index is 2.17. The number of para-hydroxylation sites is 1. The summed E-state index contributed by atoms with van der Waals surface area (Å²) in [6.07, 6.45) is -0.0159. The summed E-state index contributed by atoms with van der Waals surface area (Å²) in [6.45, 7) is -0.830. The van der Waals surface area contributed by atoms with Crippen molar-refractivity contribution in [2.75, 3.05) is 6.61 Å². The second kappa shape index (κ2) is 8.75. The van der Waals surface area contributed by atoms with E-state index >= 15 is 0 Å². The molecule has 9 nitrogen and oxygen atoms in total. The second-order valence-electron chi connectivity index (χ2n) is 6.82. The fourth-order valence-corrected chi connectivity index (χ4v) is 3.30. The minimum atomic E-state index is -1.56. The number of benzene rings is 2. The van der Waals surface area contributed by atoms with Crippen LogP contribution >= 0.6 is 0 Å². The normalized spacial score (nSPS) is 13.0. The van der Waals surface area contributed by atoms with Crippen molar-refractivity contribution in [1.29, 1.82) is 0 Å². The third-order valence-electron chi connectivity index (χ3n) is 4.89. The Morgan fingerprint density at radius 2 is 1.67 bits per heavy atom. The van der Waals surface area contributed by atoms with E-state index in [0.29, 0.717) is 11.1 Å². The number of carbonyl (C=O) groups is 2. The van der Waals surface area contributed by atoms with Crippen molar-refractivity contribution in [1.82, 2.24) is 14.5 Å². The van der Waals surface area contributed by atoms with Crippen LogP contribution in [0.25, 0.3) is 10.9 Å². The molecule has 3 N–H and O–H groups in total. The van der Waals surface area contributed by atoms with E-state index in [4.69, 9.17) is 5.11 Å². The maximum atomic E-state index is 13.1. The maximum absolute atomic E-state index is 13.1. The minimum Gasteiger partial charge on any atom is -0.480 e. The molecular weight excluding hydrogens is 390 g/mol. The first kappa shape index (κ1) is 21.0. The zero-order valence-corrected chi connectivity index (χ0v) is 16.2. The average molecular weight is 411 g/mol. The number of aromatic nitrogens is 2. The van der Waals surface area contributed by atoms with Gasteiger partial charge in [0.25, 0.3) is 5.56 Å². The van der Waals surface area contributed by atoms with Crippen LogP contribution in [0.3, 0.4) is 0 Å². The topological polar surface area (TPSA) is 131 Å². The number of aliphatic carboxylic acids is 1. The van der Waals surface area contributed by atoms with Crippen LogP contribution in [-0.4, -0.2) is 43.9 Å². The van der Waals surface area contributed by atoms with Gasteiger partial charge in [0, 0.05) is 13.5 Å². The molecule has 2 unspecified atom stereocenters. The second-order valence-corrected chi connectivity index (χ2v) is 6.82. The molecule has 0 aliphatic carbocycles. The number of carboxylic acid groups (broad SMARTS) is 1. The zero-order valence-electron chi connectivity index (χ0n) is 16.2. The van der Waals surface area contributed by atoms with Gasteiger partial charge in [-0.2, -0.15) is 0 Å². The van der Waals surface area contributed by atoms with Crippen LogP contribution in [-0.2, 0) is 23.1 Å². The standard InChI is InChI=1S/C21H21N3O6/c1-23-16-10-6-5-9-14(16)19(27)24(21(23)30)17(11-13-7-3-2-4-8-13)18(26)22-15(12-25)20(28)29/h2-10,15,17,25H,11-12H2,1H3,(H,22,26)(H,28,29). The monoisotopic (exact) mass is 411 g/mol. The van der Waals surface area contributed by atoms with Crippen molar-refractivity contribution in [2.24, 2.45) is 7.05 Å². The number of aliphatic hydroxyl groups excluding tert-OH is 1. The molecule has 3 aromatic rings. The number of aryl methyl sites for hydroxylation is 1. The number of hydrogen-bond donors (Lipinski definition) is 3. The third-order valence-corrected chi connectivity index (χ3v) is 4.89. The van der Waals surface area contributed by atoms with Gasteiger partial charge in [0.2, 0.25) is 5.91 Å². The van der Waals surface area contributed by atoms with Crippen molar-refractivity contribution in [3.05, 3.63) is 81.0 Å². The average Bonchev–Trinajstić information content (AvgIpc) is 2.75. The van der Waals surface area contributed by atoms with Gasteiger partial charge in [0.1, 0.15) is 12.1 Å². The summed E-state index contributed by atoms with van der Waals surface area (Å²) in [5.41, 5.74) is -0.261. The van der Waals surface area contributed by atoms with Crippen LogP contribution in [0.15, 0.2) is 64.2 Å². The summed E-state index contributed by atoms with van der Waals surface area (Å²) in [4.78, 5) is 50.4. The molecule has 0 aliphatic heterocycles. The molecule has 1 aromatic heterocycles. The van der Waals surface area contributed by atoms with E-state index in [-0.39, 0.29) is 11.8 Å². The summed E-state index contributed by atoms with van der Waals surface area (Å²) in [5.74, 6) is -2.28. The molecule has 0 saturated carbocycles. The number of fused-ring (bicyclic) bond motifs is 1. The van der Waals surface area contributed by atoms with E-state index in [1.54, 1.807) is 54.6 Å². The van der Waals surface area contributed by atoms with Gasteiger partial charge in [-0.3, -0.25) is 14.2 Å². The van der Waals surface area contributed by atoms with Gasteiger partial charge in [-0.05, 0) is 17.7 Å². The summed E-state index contributed by atoms with van der Waals surface area (Å²) < 4.78 is 2.10. The van der Waals surface area contributed by atoms with Crippen LogP contribution in [0.5, 0.6) is 0 Å². The van der Waals surface area contributed by atoms with E-state index in [1.165, 1.54) is 11.6 Å². The molecule has 1 heterocycles. The smallest absolute Gasteiger partial charge is 0.331 e. The molecule has 0 radical (unpaired) electrons. The van der Waals surface area contributed by atoms with Crippen molar-refractivity contribution >= 4 is 22.8 Å². The number of carboxylic acids is 1. The summed E-state index contributed by atoms with van der Waals surface area (Å²) in [5, 5.41) is 20.9. The Morgan fingerprint density at radius 3 is 2.30 bits per heavy atom. The number of aliphatic hydroxyl groups is 1. The molecule has 2 aromatic carbocycles. The van der Waals surface area contributed by atoms with Gasteiger partial charge in [0.15, 0.2) is 0 Å².